The van der Waals surface area contributed by atoms with Gasteiger partial charge in [-0.05, 0) is 37.1 Å². The maximum Gasteiger partial charge on any atom is 0.243 e. The molecular formula is C15H19N3O4S. The van der Waals surface area contributed by atoms with Crippen molar-refractivity contribution >= 4 is 27.5 Å². The summed E-state index contributed by atoms with van der Waals surface area (Å²) in [7, 11) is -3.70. The van der Waals surface area contributed by atoms with E-state index in [4.69, 9.17) is 0 Å². The average molecular weight is 337 g/mol. The Balaban J connectivity index is 1.95. The zero-order valence-corrected chi connectivity index (χ0v) is 13.9. The van der Waals surface area contributed by atoms with E-state index in [0.717, 1.165) is 11.3 Å². The number of hydrogen-bond acceptors (Lipinski definition) is 4. The number of fused-ring (bicyclic) bond motifs is 1. The fraction of sp³-hybridized carbons (Fsp3) is 0.467. The quantitative estimate of drug-likeness (QED) is 0.829. The highest BCUT2D eigenvalue weighted by molar-refractivity contribution is 7.89. The van der Waals surface area contributed by atoms with Crippen molar-refractivity contribution in [3.63, 3.8) is 0 Å². The van der Waals surface area contributed by atoms with Gasteiger partial charge in [-0.1, -0.05) is 0 Å². The second kappa shape index (κ2) is 5.61. The molecule has 2 heterocycles. The molecule has 1 aromatic rings. The van der Waals surface area contributed by atoms with Gasteiger partial charge in [0.05, 0.1) is 11.4 Å². The fourth-order valence-electron chi connectivity index (χ4n) is 3.22. The summed E-state index contributed by atoms with van der Waals surface area (Å²) in [5.41, 5.74) is 1.61. The molecule has 0 spiro atoms. The van der Waals surface area contributed by atoms with E-state index in [2.05, 4.69) is 5.32 Å². The van der Waals surface area contributed by atoms with Gasteiger partial charge < -0.3 is 10.2 Å². The zero-order valence-electron chi connectivity index (χ0n) is 13.1. The molecular weight excluding hydrogens is 318 g/mol. The van der Waals surface area contributed by atoms with E-state index in [9.17, 15) is 18.0 Å². The fourth-order valence-corrected chi connectivity index (χ4v) is 4.67. The lowest BCUT2D eigenvalue weighted by Crippen LogP contribution is -2.49. The first kappa shape index (κ1) is 15.9. The first-order valence-corrected chi connectivity index (χ1v) is 8.94. The van der Waals surface area contributed by atoms with E-state index in [1.165, 1.54) is 17.3 Å². The molecule has 0 saturated carbocycles. The van der Waals surface area contributed by atoms with Gasteiger partial charge in [0.15, 0.2) is 0 Å². The second-order valence-corrected chi connectivity index (χ2v) is 7.86. The van der Waals surface area contributed by atoms with Gasteiger partial charge in [-0.2, -0.15) is 4.31 Å². The molecule has 1 aromatic carbocycles. The molecule has 1 saturated heterocycles. The number of sulfonamides is 1. The maximum absolute atomic E-state index is 12.7. The Morgan fingerprint density at radius 1 is 1.35 bits per heavy atom. The number of rotatable bonds is 2. The molecule has 0 aromatic heterocycles. The highest BCUT2D eigenvalue weighted by atomic mass is 32.2. The van der Waals surface area contributed by atoms with Crippen molar-refractivity contribution in [2.24, 2.45) is 0 Å². The predicted molar refractivity (Wildman–Crippen MR) is 84.5 cm³/mol. The Bertz CT molecular complexity index is 775. The van der Waals surface area contributed by atoms with Crippen LogP contribution in [-0.4, -0.2) is 50.2 Å². The first-order valence-electron chi connectivity index (χ1n) is 7.50. The van der Waals surface area contributed by atoms with Gasteiger partial charge in [-0.25, -0.2) is 8.42 Å². The first-order chi connectivity index (χ1) is 10.8. The number of nitrogens with one attached hydrogen (secondary N) is 1. The number of piperazine rings is 1. The number of nitrogens with zero attached hydrogens (tertiary/aromatic N) is 2. The third-order valence-corrected chi connectivity index (χ3v) is 6.09. The lowest BCUT2D eigenvalue weighted by molar-refractivity contribution is -0.122. The van der Waals surface area contributed by atoms with Crippen LogP contribution in [0.15, 0.2) is 23.1 Å². The Labute approximate surface area is 135 Å². The van der Waals surface area contributed by atoms with Crippen molar-refractivity contribution in [1.29, 1.82) is 0 Å². The molecule has 0 radical (unpaired) electrons. The second-order valence-electron chi connectivity index (χ2n) is 5.92. The van der Waals surface area contributed by atoms with Crippen LogP contribution in [0.1, 0.15) is 19.4 Å². The molecule has 1 atom stereocenters. The largest absolute Gasteiger partial charge is 0.354 e. The molecule has 7 nitrogen and oxygen atoms in total. The topological polar surface area (TPSA) is 86.8 Å². The molecule has 124 valence electrons. The van der Waals surface area contributed by atoms with Crippen molar-refractivity contribution in [2.45, 2.75) is 31.2 Å². The molecule has 2 aliphatic rings. The Hall–Kier alpha value is -1.93. The number of hydrogen-bond donors (Lipinski definition) is 1. The molecule has 8 heteroatoms. The van der Waals surface area contributed by atoms with Crippen LogP contribution in [0.25, 0.3) is 0 Å². The van der Waals surface area contributed by atoms with E-state index >= 15 is 0 Å². The highest BCUT2D eigenvalue weighted by Crippen LogP contribution is 2.34. The maximum atomic E-state index is 12.7. The van der Waals surface area contributed by atoms with E-state index in [1.807, 2.05) is 6.92 Å². The van der Waals surface area contributed by atoms with Gasteiger partial charge in [0, 0.05) is 31.7 Å². The van der Waals surface area contributed by atoms with Gasteiger partial charge in [0.1, 0.15) is 0 Å². The van der Waals surface area contributed by atoms with Crippen LogP contribution >= 0.6 is 0 Å². The number of anilines is 1. The van der Waals surface area contributed by atoms with Crippen molar-refractivity contribution < 1.29 is 18.0 Å². The Morgan fingerprint density at radius 2 is 2.09 bits per heavy atom. The SMILES string of the molecule is CC(=O)N1c2ccc(S(=O)(=O)N3CCNC(=O)C3)cc2C[C@H]1C. The van der Waals surface area contributed by atoms with E-state index < -0.39 is 10.0 Å². The minimum absolute atomic E-state index is 0.0150. The van der Waals surface area contributed by atoms with Crippen LogP contribution in [0.4, 0.5) is 5.69 Å². The van der Waals surface area contributed by atoms with Crippen LogP contribution in [0.3, 0.4) is 0 Å². The molecule has 0 bridgehead atoms. The Morgan fingerprint density at radius 3 is 2.74 bits per heavy atom. The third-order valence-electron chi connectivity index (χ3n) is 4.25. The summed E-state index contributed by atoms with van der Waals surface area (Å²) in [4.78, 5) is 25.0. The highest BCUT2D eigenvalue weighted by Gasteiger charge is 2.33. The van der Waals surface area contributed by atoms with Gasteiger partial charge in [-0.3, -0.25) is 9.59 Å². The molecule has 23 heavy (non-hydrogen) atoms. The van der Waals surface area contributed by atoms with Crippen LogP contribution < -0.4 is 10.2 Å². The molecule has 0 aliphatic carbocycles. The lowest BCUT2D eigenvalue weighted by Gasteiger charge is -2.26. The van der Waals surface area contributed by atoms with Crippen molar-refractivity contribution in [2.75, 3.05) is 24.5 Å². The van der Waals surface area contributed by atoms with Crippen LogP contribution in [-0.2, 0) is 26.0 Å². The monoisotopic (exact) mass is 337 g/mol. The summed E-state index contributed by atoms with van der Waals surface area (Å²) in [6, 6.07) is 4.82. The number of benzene rings is 1. The summed E-state index contributed by atoms with van der Waals surface area (Å²) in [6.45, 7) is 3.86. The molecule has 3 rings (SSSR count). The predicted octanol–water partition coefficient (Wildman–Crippen LogP) is 0.105. The van der Waals surface area contributed by atoms with Crippen molar-refractivity contribution in [1.82, 2.24) is 9.62 Å². The summed E-state index contributed by atoms with van der Waals surface area (Å²) in [5.74, 6) is -0.350. The smallest absolute Gasteiger partial charge is 0.243 e. The zero-order chi connectivity index (χ0) is 16.8. The minimum atomic E-state index is -3.70. The molecule has 2 aliphatic heterocycles. The van der Waals surface area contributed by atoms with Gasteiger partial charge >= 0.3 is 0 Å². The van der Waals surface area contributed by atoms with Crippen LogP contribution in [0.5, 0.6) is 0 Å². The standard InChI is InChI=1S/C15H19N3O4S/c1-10-7-12-8-13(3-4-14(12)18(10)11(2)19)23(21,22)17-6-5-16-15(20)9-17/h3-4,8,10H,5-7,9H2,1-2H3,(H,16,20)/t10-/m1/s1. The number of carbonyl (C=O) groups excluding carboxylic acids is 2. The summed E-state index contributed by atoms with van der Waals surface area (Å²) in [5, 5.41) is 2.61. The van der Waals surface area contributed by atoms with E-state index in [0.29, 0.717) is 13.0 Å². The van der Waals surface area contributed by atoms with Crippen LogP contribution in [0.2, 0.25) is 0 Å². The average Bonchev–Trinajstić information content (AvgIpc) is 2.82. The van der Waals surface area contributed by atoms with Gasteiger partial charge in [-0.15, -0.1) is 0 Å². The summed E-state index contributed by atoms with van der Waals surface area (Å²) in [6.07, 6.45) is 0.624. The van der Waals surface area contributed by atoms with E-state index in [1.54, 1.807) is 17.0 Å². The van der Waals surface area contributed by atoms with Crippen molar-refractivity contribution in [3.05, 3.63) is 23.8 Å². The van der Waals surface area contributed by atoms with E-state index in [-0.39, 0.29) is 35.8 Å². The summed E-state index contributed by atoms with van der Waals surface area (Å²) < 4.78 is 26.6. The molecule has 2 amide bonds. The number of amides is 2. The number of carbonyl (C=O) groups is 2. The van der Waals surface area contributed by atoms with Crippen LogP contribution in [0, 0.1) is 0 Å². The molecule has 0 unspecified atom stereocenters. The minimum Gasteiger partial charge on any atom is -0.354 e. The molecule has 1 fully saturated rings. The lowest BCUT2D eigenvalue weighted by atomic mass is 10.1. The Kier molecular flexibility index (Phi) is 3.89. The normalized spacial score (nSPS) is 21.9. The molecule has 1 N–H and O–H groups in total. The summed E-state index contributed by atoms with van der Waals surface area (Å²) >= 11 is 0. The van der Waals surface area contributed by atoms with Gasteiger partial charge in [0.2, 0.25) is 21.8 Å². The van der Waals surface area contributed by atoms with Crippen molar-refractivity contribution in [3.8, 4) is 0 Å². The van der Waals surface area contributed by atoms with Gasteiger partial charge in [0.25, 0.3) is 0 Å². The third kappa shape index (κ3) is 2.72.